The lowest BCUT2D eigenvalue weighted by molar-refractivity contribution is 1.12. The topological polar surface area (TPSA) is 12.9 Å². The molecule has 1 aromatic rings. The summed E-state index contributed by atoms with van der Waals surface area (Å²) < 4.78 is 0. The Balaban J connectivity index is 3.02. The van der Waals surface area contributed by atoms with Crippen molar-refractivity contribution in [3.8, 4) is 0 Å². The van der Waals surface area contributed by atoms with Gasteiger partial charge in [0, 0.05) is 10.6 Å². The summed E-state index contributed by atoms with van der Waals surface area (Å²) in [5.74, 6) is 1.07. The van der Waals surface area contributed by atoms with Crippen molar-refractivity contribution >= 4 is 17.8 Å². The van der Waals surface area contributed by atoms with Crippen LogP contribution in [-0.2, 0) is 0 Å². The van der Waals surface area contributed by atoms with Crippen molar-refractivity contribution in [3.63, 3.8) is 0 Å². The molecule has 1 nitrogen and oxygen atoms in total. The van der Waals surface area contributed by atoms with Gasteiger partial charge in [-0.25, -0.2) is 0 Å². The Bertz CT molecular complexity index is 281. The van der Waals surface area contributed by atoms with Crippen molar-refractivity contribution in [2.24, 2.45) is 0 Å². The number of hydrogen-bond donors (Lipinski definition) is 0. The fraction of sp³-hybridized carbons (Fsp3) is 0.300. The van der Waals surface area contributed by atoms with E-state index >= 15 is 0 Å². The molecule has 0 saturated heterocycles. The molecule has 0 aliphatic heterocycles. The molecule has 12 heavy (non-hydrogen) atoms. The van der Waals surface area contributed by atoms with Crippen molar-refractivity contribution in [2.75, 3.05) is 5.75 Å². The summed E-state index contributed by atoms with van der Waals surface area (Å²) in [7, 11) is 0. The summed E-state index contributed by atoms with van der Waals surface area (Å²) in [5.41, 5.74) is 2.05. The maximum atomic E-state index is 4.37. The summed E-state index contributed by atoms with van der Waals surface area (Å²) in [6, 6.07) is 4.14. The van der Waals surface area contributed by atoms with Gasteiger partial charge in [-0.1, -0.05) is 13.5 Å². The average molecular weight is 179 g/mol. The molecule has 0 amide bonds. The second kappa shape index (κ2) is 4.31. The highest BCUT2D eigenvalue weighted by Gasteiger charge is 1.99. The van der Waals surface area contributed by atoms with E-state index in [1.165, 1.54) is 4.90 Å². The Morgan fingerprint density at radius 2 is 2.33 bits per heavy atom. The lowest BCUT2D eigenvalue weighted by Gasteiger charge is -2.03. The lowest BCUT2D eigenvalue weighted by Crippen LogP contribution is -1.88. The van der Waals surface area contributed by atoms with Crippen molar-refractivity contribution in [3.05, 3.63) is 30.1 Å². The zero-order valence-corrected chi connectivity index (χ0v) is 8.32. The third kappa shape index (κ3) is 2.11. The molecule has 0 fully saturated rings. The van der Waals surface area contributed by atoms with Gasteiger partial charge >= 0.3 is 0 Å². The molecule has 0 aliphatic carbocycles. The summed E-state index contributed by atoms with van der Waals surface area (Å²) in [6.45, 7) is 7.87. The smallest absolute Gasteiger partial charge is 0.0762 e. The van der Waals surface area contributed by atoms with Crippen molar-refractivity contribution in [1.82, 2.24) is 4.98 Å². The van der Waals surface area contributed by atoms with Crippen LogP contribution in [0.25, 0.3) is 6.08 Å². The van der Waals surface area contributed by atoms with Gasteiger partial charge in [0.05, 0.1) is 5.69 Å². The summed E-state index contributed by atoms with van der Waals surface area (Å²) >= 11 is 1.80. The summed E-state index contributed by atoms with van der Waals surface area (Å²) in [4.78, 5) is 5.59. The third-order valence-corrected chi connectivity index (χ3v) is 2.46. The molecule has 0 radical (unpaired) electrons. The molecule has 1 heterocycles. The number of pyridine rings is 1. The van der Waals surface area contributed by atoms with E-state index in [9.17, 15) is 0 Å². The van der Waals surface area contributed by atoms with E-state index in [-0.39, 0.29) is 0 Å². The molecule has 0 bridgehead atoms. The molecule has 0 N–H and O–H groups in total. The first-order valence-corrected chi connectivity index (χ1v) is 4.99. The summed E-state index contributed by atoms with van der Waals surface area (Å²) in [5, 5.41) is 0. The number of aromatic nitrogens is 1. The number of hydrogen-bond acceptors (Lipinski definition) is 2. The van der Waals surface area contributed by atoms with Gasteiger partial charge in [0.1, 0.15) is 0 Å². The van der Waals surface area contributed by atoms with Crippen LogP contribution in [-0.4, -0.2) is 10.7 Å². The molecule has 0 unspecified atom stereocenters. The first-order chi connectivity index (χ1) is 5.77. The molecule has 64 valence electrons. The molecule has 1 aromatic heterocycles. The fourth-order valence-corrected chi connectivity index (χ4v) is 1.74. The number of rotatable bonds is 3. The standard InChI is InChI=1S/C10H13NS/c1-4-9-10(12-5-2)7-6-8(3)11-9/h4,6-7H,1,5H2,2-3H3. The van der Waals surface area contributed by atoms with E-state index in [4.69, 9.17) is 0 Å². The van der Waals surface area contributed by atoms with Gasteiger partial charge in [-0.15, -0.1) is 11.8 Å². The molecule has 0 aliphatic rings. The molecular formula is C10H13NS. The number of thioether (sulfide) groups is 1. The minimum absolute atomic E-state index is 1.00. The Kier molecular flexibility index (Phi) is 3.35. The fourth-order valence-electron chi connectivity index (χ4n) is 0.988. The second-order valence-electron chi connectivity index (χ2n) is 2.47. The van der Waals surface area contributed by atoms with Crippen LogP contribution in [0.5, 0.6) is 0 Å². The van der Waals surface area contributed by atoms with Crippen LogP contribution >= 0.6 is 11.8 Å². The highest BCUT2D eigenvalue weighted by atomic mass is 32.2. The zero-order chi connectivity index (χ0) is 8.97. The van der Waals surface area contributed by atoms with E-state index in [0.717, 1.165) is 17.1 Å². The Morgan fingerprint density at radius 1 is 1.58 bits per heavy atom. The Morgan fingerprint density at radius 3 is 2.92 bits per heavy atom. The SMILES string of the molecule is C=Cc1nc(C)ccc1SCC. The summed E-state index contributed by atoms with van der Waals surface area (Å²) in [6.07, 6.45) is 1.81. The Labute approximate surface area is 77.9 Å². The molecule has 0 atom stereocenters. The van der Waals surface area contributed by atoms with E-state index in [2.05, 4.69) is 24.6 Å². The largest absolute Gasteiger partial charge is 0.253 e. The van der Waals surface area contributed by atoms with Gasteiger partial charge < -0.3 is 0 Å². The van der Waals surface area contributed by atoms with Gasteiger partial charge in [-0.2, -0.15) is 0 Å². The lowest BCUT2D eigenvalue weighted by atomic mass is 10.3. The minimum atomic E-state index is 1.00. The van der Waals surface area contributed by atoms with E-state index < -0.39 is 0 Å². The van der Waals surface area contributed by atoms with E-state index in [1.807, 2.05) is 19.1 Å². The van der Waals surface area contributed by atoms with Gasteiger partial charge in [-0.3, -0.25) is 4.98 Å². The molecule has 0 saturated carbocycles. The highest BCUT2D eigenvalue weighted by molar-refractivity contribution is 7.99. The van der Waals surface area contributed by atoms with E-state index in [1.54, 1.807) is 11.8 Å². The predicted octanol–water partition coefficient (Wildman–Crippen LogP) is 3.15. The quantitative estimate of drug-likeness (QED) is 0.661. The highest BCUT2D eigenvalue weighted by Crippen LogP contribution is 2.21. The van der Waals surface area contributed by atoms with Crippen molar-refractivity contribution in [1.29, 1.82) is 0 Å². The van der Waals surface area contributed by atoms with Crippen LogP contribution in [0.3, 0.4) is 0 Å². The van der Waals surface area contributed by atoms with Crippen LogP contribution in [0, 0.1) is 6.92 Å². The van der Waals surface area contributed by atoms with Crippen LogP contribution in [0.2, 0.25) is 0 Å². The zero-order valence-electron chi connectivity index (χ0n) is 7.50. The molecule has 0 spiro atoms. The minimum Gasteiger partial charge on any atom is -0.253 e. The monoisotopic (exact) mass is 179 g/mol. The second-order valence-corrected chi connectivity index (χ2v) is 3.78. The predicted molar refractivity (Wildman–Crippen MR) is 55.5 cm³/mol. The first-order valence-electron chi connectivity index (χ1n) is 4.00. The van der Waals surface area contributed by atoms with Crippen LogP contribution in [0.15, 0.2) is 23.6 Å². The van der Waals surface area contributed by atoms with Crippen molar-refractivity contribution in [2.45, 2.75) is 18.7 Å². The Hall–Kier alpha value is -0.760. The maximum Gasteiger partial charge on any atom is 0.0762 e. The van der Waals surface area contributed by atoms with Crippen LogP contribution in [0.1, 0.15) is 18.3 Å². The maximum absolute atomic E-state index is 4.37. The normalized spacial score (nSPS) is 9.83. The number of aryl methyl sites for hydroxylation is 1. The molecule has 0 aromatic carbocycles. The number of nitrogens with zero attached hydrogens (tertiary/aromatic N) is 1. The molecular weight excluding hydrogens is 166 g/mol. The van der Waals surface area contributed by atoms with Gasteiger partial charge in [0.15, 0.2) is 0 Å². The van der Waals surface area contributed by atoms with Gasteiger partial charge in [0.2, 0.25) is 0 Å². The van der Waals surface area contributed by atoms with Crippen LogP contribution in [0.4, 0.5) is 0 Å². The van der Waals surface area contributed by atoms with Gasteiger partial charge in [0.25, 0.3) is 0 Å². The average Bonchev–Trinajstić information content (AvgIpc) is 2.08. The first kappa shape index (κ1) is 9.33. The molecule has 1 rings (SSSR count). The van der Waals surface area contributed by atoms with E-state index in [0.29, 0.717) is 0 Å². The van der Waals surface area contributed by atoms with Crippen molar-refractivity contribution < 1.29 is 0 Å². The van der Waals surface area contributed by atoms with Gasteiger partial charge in [-0.05, 0) is 30.9 Å². The third-order valence-electron chi connectivity index (χ3n) is 1.52. The molecule has 2 heteroatoms. The van der Waals surface area contributed by atoms with Crippen LogP contribution < -0.4 is 0 Å².